The molecule has 0 spiro atoms. The first-order valence-corrected chi connectivity index (χ1v) is 10.5. The van der Waals surface area contributed by atoms with Gasteiger partial charge in [0, 0.05) is 0 Å². The Balaban J connectivity index is 1.34. The van der Waals surface area contributed by atoms with E-state index in [9.17, 15) is 9.59 Å². The summed E-state index contributed by atoms with van der Waals surface area (Å²) in [5, 5.41) is 21.2. The molecule has 1 unspecified atom stereocenters. The SMILES string of the molecule is O=C(O)CC1S/C(=N/N=C/c2ccc(OCc3cccc4ccccc34)cc2)NC1=O. The predicted octanol–water partition coefficient (Wildman–Crippen LogP) is 3.82. The fraction of sp³-hybridized carbons (Fsp3) is 0.130. The quantitative estimate of drug-likeness (QED) is 0.436. The average molecular weight is 433 g/mol. The predicted molar refractivity (Wildman–Crippen MR) is 122 cm³/mol. The van der Waals surface area contributed by atoms with E-state index in [0.717, 1.165) is 28.6 Å². The van der Waals surface area contributed by atoms with Crippen molar-refractivity contribution in [1.82, 2.24) is 5.32 Å². The van der Waals surface area contributed by atoms with Gasteiger partial charge in [0.25, 0.3) is 0 Å². The van der Waals surface area contributed by atoms with E-state index in [1.54, 1.807) is 6.21 Å². The maximum Gasteiger partial charge on any atom is 0.305 e. The van der Waals surface area contributed by atoms with Crippen molar-refractivity contribution in [1.29, 1.82) is 0 Å². The average Bonchev–Trinajstić information content (AvgIpc) is 3.11. The van der Waals surface area contributed by atoms with Crippen LogP contribution >= 0.6 is 11.8 Å². The summed E-state index contributed by atoms with van der Waals surface area (Å²) in [6, 6.07) is 21.8. The molecule has 2 N–H and O–H groups in total. The summed E-state index contributed by atoms with van der Waals surface area (Å²) in [6.45, 7) is 0.469. The molecule has 1 atom stereocenters. The van der Waals surface area contributed by atoms with Crippen LogP contribution in [0.4, 0.5) is 0 Å². The molecule has 1 saturated heterocycles. The number of ether oxygens (including phenoxy) is 1. The third-order valence-corrected chi connectivity index (χ3v) is 5.72. The van der Waals surface area contributed by atoms with Crippen molar-refractivity contribution in [3.8, 4) is 5.75 Å². The molecule has 3 aromatic carbocycles. The number of nitrogens with zero attached hydrogens (tertiary/aromatic N) is 2. The van der Waals surface area contributed by atoms with Crippen molar-refractivity contribution >= 4 is 45.8 Å². The number of benzene rings is 3. The number of aliphatic carboxylic acids is 1. The largest absolute Gasteiger partial charge is 0.489 e. The van der Waals surface area contributed by atoms with Gasteiger partial charge in [-0.1, -0.05) is 54.2 Å². The van der Waals surface area contributed by atoms with Gasteiger partial charge in [-0.05, 0) is 46.2 Å². The molecule has 0 radical (unpaired) electrons. The molecule has 1 fully saturated rings. The Morgan fingerprint density at radius 3 is 2.68 bits per heavy atom. The highest BCUT2D eigenvalue weighted by Gasteiger charge is 2.32. The van der Waals surface area contributed by atoms with Crippen LogP contribution in [-0.4, -0.2) is 33.6 Å². The normalized spacial score (nSPS) is 17.4. The molecule has 3 aromatic rings. The zero-order chi connectivity index (χ0) is 21.6. The van der Waals surface area contributed by atoms with E-state index < -0.39 is 11.2 Å². The lowest BCUT2D eigenvalue weighted by atomic mass is 10.1. The molecule has 1 aliphatic rings. The lowest BCUT2D eigenvalue weighted by Gasteiger charge is -2.09. The van der Waals surface area contributed by atoms with Crippen LogP contribution in [0.1, 0.15) is 17.5 Å². The van der Waals surface area contributed by atoms with Gasteiger partial charge < -0.3 is 15.2 Å². The zero-order valence-corrected chi connectivity index (χ0v) is 17.2. The van der Waals surface area contributed by atoms with Gasteiger partial charge in [-0.25, -0.2) is 0 Å². The summed E-state index contributed by atoms with van der Waals surface area (Å²) in [4.78, 5) is 22.4. The molecule has 1 amide bonds. The van der Waals surface area contributed by atoms with Crippen LogP contribution in [0.15, 0.2) is 76.9 Å². The molecule has 31 heavy (non-hydrogen) atoms. The fourth-order valence-electron chi connectivity index (χ4n) is 3.12. The van der Waals surface area contributed by atoms with Gasteiger partial charge in [-0.15, -0.1) is 5.10 Å². The van der Waals surface area contributed by atoms with Gasteiger partial charge in [0.05, 0.1) is 12.6 Å². The number of carboxylic acids is 1. The number of thioether (sulfide) groups is 1. The van der Waals surface area contributed by atoms with Crippen molar-refractivity contribution in [2.45, 2.75) is 18.3 Å². The van der Waals surface area contributed by atoms with Crippen LogP contribution in [0, 0.1) is 0 Å². The number of hydrogen-bond donors (Lipinski definition) is 2. The molecule has 1 aliphatic heterocycles. The van der Waals surface area contributed by atoms with Gasteiger partial charge in [0.15, 0.2) is 5.17 Å². The molecule has 156 valence electrons. The van der Waals surface area contributed by atoms with Gasteiger partial charge in [-0.2, -0.15) is 5.10 Å². The Kier molecular flexibility index (Phi) is 6.28. The van der Waals surface area contributed by atoms with E-state index >= 15 is 0 Å². The van der Waals surface area contributed by atoms with E-state index in [0.29, 0.717) is 11.8 Å². The van der Waals surface area contributed by atoms with Crippen molar-refractivity contribution in [2.24, 2.45) is 10.2 Å². The van der Waals surface area contributed by atoms with E-state index in [2.05, 4.69) is 39.8 Å². The third-order valence-electron chi connectivity index (χ3n) is 4.65. The van der Waals surface area contributed by atoms with E-state index in [1.165, 1.54) is 10.8 Å². The molecule has 0 aliphatic carbocycles. The molecule has 4 rings (SSSR count). The summed E-state index contributed by atoms with van der Waals surface area (Å²) in [7, 11) is 0. The maximum atomic E-state index is 11.7. The summed E-state index contributed by atoms with van der Waals surface area (Å²) >= 11 is 1.06. The first-order valence-electron chi connectivity index (χ1n) is 9.58. The van der Waals surface area contributed by atoms with Crippen molar-refractivity contribution in [2.75, 3.05) is 0 Å². The maximum absolute atomic E-state index is 11.7. The minimum absolute atomic E-state index is 0.251. The van der Waals surface area contributed by atoms with Gasteiger partial charge in [0.1, 0.15) is 17.6 Å². The molecule has 0 aromatic heterocycles. The van der Waals surface area contributed by atoms with Gasteiger partial charge in [0.2, 0.25) is 5.91 Å². The fourth-order valence-corrected chi connectivity index (χ4v) is 4.04. The number of amidine groups is 1. The number of amides is 1. The van der Waals surface area contributed by atoms with Crippen LogP contribution in [0.3, 0.4) is 0 Å². The van der Waals surface area contributed by atoms with Crippen molar-refractivity contribution in [3.05, 3.63) is 77.9 Å². The van der Waals surface area contributed by atoms with Crippen molar-refractivity contribution < 1.29 is 19.4 Å². The van der Waals surface area contributed by atoms with Crippen LogP contribution in [0.5, 0.6) is 5.75 Å². The van der Waals surface area contributed by atoms with Crippen LogP contribution < -0.4 is 10.1 Å². The number of carboxylic acid groups (broad SMARTS) is 1. The van der Waals surface area contributed by atoms with Crippen molar-refractivity contribution in [3.63, 3.8) is 0 Å². The Bertz CT molecular complexity index is 1170. The molecular formula is C23H19N3O4S. The first-order chi connectivity index (χ1) is 15.1. The number of rotatable bonds is 7. The Morgan fingerprint density at radius 1 is 1.10 bits per heavy atom. The second-order valence-corrected chi connectivity index (χ2v) is 8.03. The molecule has 0 saturated carbocycles. The van der Waals surface area contributed by atoms with E-state index in [4.69, 9.17) is 9.84 Å². The van der Waals surface area contributed by atoms with E-state index in [-0.39, 0.29) is 12.3 Å². The summed E-state index contributed by atoms with van der Waals surface area (Å²) in [6.07, 6.45) is 1.30. The molecule has 0 bridgehead atoms. The topological polar surface area (TPSA) is 100 Å². The number of nitrogens with one attached hydrogen (secondary N) is 1. The second kappa shape index (κ2) is 9.44. The summed E-state index contributed by atoms with van der Waals surface area (Å²) in [5.41, 5.74) is 1.94. The Hall–Kier alpha value is -3.65. The molecular weight excluding hydrogens is 414 g/mol. The van der Waals surface area contributed by atoms with Gasteiger partial charge in [-0.3, -0.25) is 9.59 Å². The number of fused-ring (bicyclic) bond motifs is 1. The molecule has 1 heterocycles. The number of carbonyl (C=O) groups excluding carboxylic acids is 1. The number of carbonyl (C=O) groups is 2. The molecule has 8 heteroatoms. The standard InChI is InChI=1S/C23H19N3O4S/c27-21(28)12-20-22(29)25-23(31-20)26-24-13-15-8-10-18(11-9-15)30-14-17-6-3-5-16-4-1-2-7-19(16)17/h1-11,13,20H,12,14H2,(H,27,28)(H,25,26,29)/b24-13+. The zero-order valence-electron chi connectivity index (χ0n) is 16.4. The van der Waals surface area contributed by atoms with Gasteiger partial charge >= 0.3 is 5.97 Å². The Labute approximate surface area is 182 Å². The summed E-state index contributed by atoms with van der Waals surface area (Å²) in [5.74, 6) is -0.652. The molecule has 7 nitrogen and oxygen atoms in total. The van der Waals surface area contributed by atoms with Crippen LogP contribution in [0.25, 0.3) is 10.8 Å². The van der Waals surface area contributed by atoms with Crippen LogP contribution in [0.2, 0.25) is 0 Å². The van der Waals surface area contributed by atoms with Crippen LogP contribution in [-0.2, 0) is 16.2 Å². The van der Waals surface area contributed by atoms with E-state index in [1.807, 2.05) is 42.5 Å². The minimum atomic E-state index is -1.03. The third kappa shape index (κ3) is 5.29. The minimum Gasteiger partial charge on any atom is -0.489 e. The second-order valence-electron chi connectivity index (χ2n) is 6.84. The number of hydrogen-bond acceptors (Lipinski definition) is 6. The first kappa shape index (κ1) is 20.6. The lowest BCUT2D eigenvalue weighted by molar-refractivity contribution is -0.138. The monoisotopic (exact) mass is 433 g/mol. The lowest BCUT2D eigenvalue weighted by Crippen LogP contribution is -2.26. The Morgan fingerprint density at radius 2 is 1.87 bits per heavy atom. The smallest absolute Gasteiger partial charge is 0.305 e. The summed E-state index contributed by atoms with van der Waals surface area (Å²) < 4.78 is 5.93. The highest BCUT2D eigenvalue weighted by molar-refractivity contribution is 8.15. The highest BCUT2D eigenvalue weighted by Crippen LogP contribution is 2.23. The highest BCUT2D eigenvalue weighted by atomic mass is 32.2.